The SMILES string of the molecule is CCOC(CC)c1noc(-c2cc(F)ccc2O)n1. The molecule has 2 rings (SSSR count). The zero-order valence-electron chi connectivity index (χ0n) is 10.8. The van der Waals surface area contributed by atoms with Gasteiger partial charge in [-0.2, -0.15) is 4.98 Å². The molecule has 102 valence electrons. The van der Waals surface area contributed by atoms with E-state index in [1.807, 2.05) is 13.8 Å². The highest BCUT2D eigenvalue weighted by Crippen LogP contribution is 2.29. The summed E-state index contributed by atoms with van der Waals surface area (Å²) in [6.45, 7) is 4.35. The van der Waals surface area contributed by atoms with E-state index in [9.17, 15) is 9.50 Å². The van der Waals surface area contributed by atoms with Crippen molar-refractivity contribution >= 4 is 0 Å². The minimum Gasteiger partial charge on any atom is -0.507 e. The van der Waals surface area contributed by atoms with E-state index in [0.717, 1.165) is 12.1 Å². The van der Waals surface area contributed by atoms with Gasteiger partial charge in [0, 0.05) is 6.61 Å². The van der Waals surface area contributed by atoms with Crippen molar-refractivity contribution in [3.8, 4) is 17.2 Å². The molecule has 0 fully saturated rings. The fourth-order valence-electron chi connectivity index (χ4n) is 1.73. The van der Waals surface area contributed by atoms with Crippen LogP contribution in [0.4, 0.5) is 4.39 Å². The molecule has 1 aromatic heterocycles. The second-order valence-corrected chi connectivity index (χ2v) is 3.97. The highest BCUT2D eigenvalue weighted by Gasteiger charge is 2.19. The number of ether oxygens (including phenoxy) is 1. The van der Waals surface area contributed by atoms with E-state index in [0.29, 0.717) is 18.9 Å². The van der Waals surface area contributed by atoms with E-state index >= 15 is 0 Å². The highest BCUT2D eigenvalue weighted by molar-refractivity contribution is 5.61. The van der Waals surface area contributed by atoms with E-state index in [4.69, 9.17) is 9.26 Å². The lowest BCUT2D eigenvalue weighted by Crippen LogP contribution is -2.04. The summed E-state index contributed by atoms with van der Waals surface area (Å²) < 4.78 is 23.7. The van der Waals surface area contributed by atoms with Crippen LogP contribution in [0.2, 0.25) is 0 Å². The summed E-state index contributed by atoms with van der Waals surface area (Å²) >= 11 is 0. The molecule has 19 heavy (non-hydrogen) atoms. The number of hydrogen-bond donors (Lipinski definition) is 1. The Hall–Kier alpha value is -1.95. The van der Waals surface area contributed by atoms with E-state index in [1.54, 1.807) is 0 Å². The van der Waals surface area contributed by atoms with Crippen molar-refractivity contribution in [3.05, 3.63) is 29.8 Å². The van der Waals surface area contributed by atoms with Crippen molar-refractivity contribution in [3.63, 3.8) is 0 Å². The van der Waals surface area contributed by atoms with Crippen molar-refractivity contribution in [1.29, 1.82) is 0 Å². The van der Waals surface area contributed by atoms with Gasteiger partial charge in [0.25, 0.3) is 5.89 Å². The lowest BCUT2D eigenvalue weighted by Gasteiger charge is -2.09. The maximum absolute atomic E-state index is 13.2. The Morgan fingerprint density at radius 2 is 2.21 bits per heavy atom. The molecule has 5 nitrogen and oxygen atoms in total. The van der Waals surface area contributed by atoms with Gasteiger partial charge < -0.3 is 14.4 Å². The number of hydrogen-bond acceptors (Lipinski definition) is 5. The Morgan fingerprint density at radius 3 is 2.89 bits per heavy atom. The van der Waals surface area contributed by atoms with Crippen molar-refractivity contribution in [2.24, 2.45) is 0 Å². The summed E-state index contributed by atoms with van der Waals surface area (Å²) in [6, 6.07) is 3.55. The number of benzene rings is 1. The van der Waals surface area contributed by atoms with Gasteiger partial charge in [-0.15, -0.1) is 0 Å². The maximum atomic E-state index is 13.2. The first-order valence-corrected chi connectivity index (χ1v) is 6.09. The Morgan fingerprint density at radius 1 is 1.42 bits per heavy atom. The number of phenols is 1. The van der Waals surface area contributed by atoms with Crippen molar-refractivity contribution < 1.29 is 18.8 Å². The first-order chi connectivity index (χ1) is 9.15. The number of aromatic nitrogens is 2. The Labute approximate surface area is 110 Å². The van der Waals surface area contributed by atoms with Gasteiger partial charge in [-0.25, -0.2) is 4.39 Å². The van der Waals surface area contributed by atoms with Gasteiger partial charge in [0.1, 0.15) is 17.7 Å². The minimum absolute atomic E-state index is 0.0742. The molecule has 0 saturated heterocycles. The molecule has 0 aliphatic rings. The standard InChI is InChI=1S/C13H15FN2O3/c1-3-11(18-4-2)12-15-13(19-16-12)9-7-8(14)5-6-10(9)17/h5-7,11,17H,3-4H2,1-2H3. The van der Waals surface area contributed by atoms with Gasteiger partial charge in [-0.1, -0.05) is 12.1 Å². The molecule has 2 aromatic rings. The lowest BCUT2D eigenvalue weighted by molar-refractivity contribution is 0.0518. The number of phenolic OH excluding ortho intramolecular Hbond substituents is 1. The first kappa shape index (κ1) is 13.5. The summed E-state index contributed by atoms with van der Waals surface area (Å²) in [7, 11) is 0. The zero-order chi connectivity index (χ0) is 13.8. The monoisotopic (exact) mass is 266 g/mol. The second-order valence-electron chi connectivity index (χ2n) is 3.97. The molecule has 6 heteroatoms. The molecule has 0 radical (unpaired) electrons. The quantitative estimate of drug-likeness (QED) is 0.900. The summed E-state index contributed by atoms with van der Waals surface area (Å²) in [6.07, 6.45) is 0.431. The largest absolute Gasteiger partial charge is 0.507 e. The number of nitrogens with zero attached hydrogens (tertiary/aromatic N) is 2. The molecule has 1 aromatic carbocycles. The third-order valence-corrected chi connectivity index (χ3v) is 2.66. The first-order valence-electron chi connectivity index (χ1n) is 6.09. The van der Waals surface area contributed by atoms with Crippen LogP contribution in [0.15, 0.2) is 22.7 Å². The molecule has 0 aliphatic heterocycles. The van der Waals surface area contributed by atoms with Gasteiger partial charge in [0.05, 0.1) is 5.56 Å². The fourth-order valence-corrected chi connectivity index (χ4v) is 1.73. The molecule has 1 unspecified atom stereocenters. The molecule has 1 heterocycles. The van der Waals surface area contributed by atoms with Crippen LogP contribution in [-0.2, 0) is 4.74 Å². The number of rotatable bonds is 5. The van der Waals surface area contributed by atoms with Gasteiger partial charge >= 0.3 is 0 Å². The van der Waals surface area contributed by atoms with E-state index < -0.39 is 5.82 Å². The highest BCUT2D eigenvalue weighted by atomic mass is 19.1. The molecular weight excluding hydrogens is 251 g/mol. The molecule has 0 amide bonds. The van der Waals surface area contributed by atoms with Gasteiger partial charge in [-0.3, -0.25) is 0 Å². The summed E-state index contributed by atoms with van der Waals surface area (Å²) in [5.41, 5.74) is 0.171. The molecular formula is C13H15FN2O3. The topological polar surface area (TPSA) is 68.4 Å². The van der Waals surface area contributed by atoms with Crippen LogP contribution in [0, 0.1) is 5.82 Å². The maximum Gasteiger partial charge on any atom is 0.261 e. The third kappa shape index (κ3) is 2.90. The molecule has 1 atom stereocenters. The van der Waals surface area contributed by atoms with E-state index in [1.165, 1.54) is 6.07 Å². The molecule has 0 bridgehead atoms. The normalized spacial score (nSPS) is 12.6. The van der Waals surface area contributed by atoms with Crippen molar-refractivity contribution in [2.45, 2.75) is 26.4 Å². The van der Waals surface area contributed by atoms with Crippen LogP contribution in [0.5, 0.6) is 5.75 Å². The molecule has 0 aliphatic carbocycles. The Balaban J connectivity index is 2.32. The van der Waals surface area contributed by atoms with Crippen molar-refractivity contribution in [2.75, 3.05) is 6.61 Å². The van der Waals surface area contributed by atoms with Crippen molar-refractivity contribution in [1.82, 2.24) is 10.1 Å². The summed E-state index contributed by atoms with van der Waals surface area (Å²) in [5, 5.41) is 13.5. The van der Waals surface area contributed by atoms with Crippen LogP contribution in [0.1, 0.15) is 32.2 Å². The fraction of sp³-hybridized carbons (Fsp3) is 0.385. The van der Waals surface area contributed by atoms with Crippen LogP contribution >= 0.6 is 0 Å². The smallest absolute Gasteiger partial charge is 0.261 e. The number of aromatic hydroxyl groups is 1. The number of halogens is 1. The molecule has 0 saturated carbocycles. The van der Waals surface area contributed by atoms with Crippen LogP contribution in [-0.4, -0.2) is 21.9 Å². The van der Waals surface area contributed by atoms with E-state index in [-0.39, 0.29) is 23.3 Å². The van der Waals surface area contributed by atoms with Crippen LogP contribution < -0.4 is 0 Å². The zero-order valence-corrected chi connectivity index (χ0v) is 10.8. The molecule has 1 N–H and O–H groups in total. The molecule has 0 spiro atoms. The Kier molecular flexibility index (Phi) is 4.11. The average molecular weight is 266 g/mol. The van der Waals surface area contributed by atoms with Gasteiger partial charge in [-0.05, 0) is 31.5 Å². The Bertz CT molecular complexity index is 557. The lowest BCUT2D eigenvalue weighted by atomic mass is 10.2. The summed E-state index contributed by atoms with van der Waals surface area (Å²) in [4.78, 5) is 4.14. The third-order valence-electron chi connectivity index (χ3n) is 2.66. The second kappa shape index (κ2) is 5.79. The predicted octanol–water partition coefficient (Wildman–Crippen LogP) is 3.07. The minimum atomic E-state index is -0.482. The van der Waals surface area contributed by atoms with Crippen LogP contribution in [0.25, 0.3) is 11.5 Å². The average Bonchev–Trinajstić information content (AvgIpc) is 2.88. The summed E-state index contributed by atoms with van der Waals surface area (Å²) in [5.74, 6) is -0.126. The van der Waals surface area contributed by atoms with Gasteiger partial charge in [0.15, 0.2) is 0 Å². The van der Waals surface area contributed by atoms with Gasteiger partial charge in [0.2, 0.25) is 5.82 Å². The predicted molar refractivity (Wildman–Crippen MR) is 66.0 cm³/mol. The van der Waals surface area contributed by atoms with E-state index in [2.05, 4.69) is 10.1 Å². The van der Waals surface area contributed by atoms with Crippen LogP contribution in [0.3, 0.4) is 0 Å².